The summed E-state index contributed by atoms with van der Waals surface area (Å²) in [5.41, 5.74) is 0.406. The molecule has 1 aromatic carbocycles. The van der Waals surface area contributed by atoms with Crippen LogP contribution in [0.1, 0.15) is 12.8 Å². The summed E-state index contributed by atoms with van der Waals surface area (Å²) >= 11 is 7.29. The number of hydrogen-bond donors (Lipinski definition) is 1. The third-order valence-electron chi connectivity index (χ3n) is 6.66. The highest BCUT2D eigenvalue weighted by Crippen LogP contribution is 2.60. The standard InChI is InChI=1S/C22H24Br2N2O7/c1-31-10-3-4-13(14(7-10)32-2)25-15(27)9-33-16(28)5-6-26-21(29)17-11-8-12(18(17)22(26)30)20(24)19(11)23/h3-4,7,11-12,17-20H,5-6,8-9H2,1-2H3,(H,25,27)/t11-,12-,17-,18-,19+,20+/m1/s1. The first-order chi connectivity index (χ1) is 15.8. The second-order valence-electron chi connectivity index (χ2n) is 8.36. The second kappa shape index (κ2) is 9.61. The lowest BCUT2D eigenvalue weighted by molar-refractivity contribution is -0.149. The fraction of sp³-hybridized carbons (Fsp3) is 0.545. The van der Waals surface area contributed by atoms with E-state index >= 15 is 0 Å². The van der Waals surface area contributed by atoms with Crippen LogP contribution in [0, 0.1) is 23.7 Å². The summed E-state index contributed by atoms with van der Waals surface area (Å²) in [6.07, 6.45) is 0.684. The van der Waals surface area contributed by atoms with Gasteiger partial charge in [-0.2, -0.15) is 0 Å². The van der Waals surface area contributed by atoms with Crippen LogP contribution in [0.25, 0.3) is 0 Å². The number of carbonyl (C=O) groups excluding carboxylic acids is 4. The molecule has 33 heavy (non-hydrogen) atoms. The number of amides is 3. The molecule has 1 aromatic rings. The maximum atomic E-state index is 12.9. The van der Waals surface area contributed by atoms with Crippen molar-refractivity contribution in [3.8, 4) is 11.5 Å². The molecular formula is C22H24Br2N2O7. The molecule has 0 aromatic heterocycles. The Labute approximate surface area is 207 Å². The highest BCUT2D eigenvalue weighted by atomic mass is 79.9. The molecule has 3 amide bonds. The first-order valence-corrected chi connectivity index (χ1v) is 12.4. The van der Waals surface area contributed by atoms with Crippen LogP contribution < -0.4 is 14.8 Å². The molecule has 1 heterocycles. The molecule has 1 aliphatic heterocycles. The highest BCUT2D eigenvalue weighted by Gasteiger charge is 2.66. The van der Waals surface area contributed by atoms with Crippen LogP contribution in [-0.4, -0.2) is 65.6 Å². The van der Waals surface area contributed by atoms with Crippen molar-refractivity contribution in [1.82, 2.24) is 4.90 Å². The zero-order valence-electron chi connectivity index (χ0n) is 18.1. The smallest absolute Gasteiger partial charge is 0.308 e. The van der Waals surface area contributed by atoms with Gasteiger partial charge in [-0.05, 0) is 30.4 Å². The average Bonchev–Trinajstić information content (AvgIpc) is 3.41. The largest absolute Gasteiger partial charge is 0.497 e. The molecule has 9 nitrogen and oxygen atoms in total. The number of methoxy groups -OCH3 is 2. The number of ether oxygens (including phenoxy) is 3. The normalized spacial score (nSPS) is 29.8. The van der Waals surface area contributed by atoms with Crippen molar-refractivity contribution in [2.24, 2.45) is 23.7 Å². The van der Waals surface area contributed by atoms with Crippen molar-refractivity contribution in [2.45, 2.75) is 22.5 Å². The molecule has 11 heteroatoms. The van der Waals surface area contributed by atoms with Crippen molar-refractivity contribution >= 4 is 61.2 Å². The molecular weight excluding hydrogens is 564 g/mol. The molecule has 0 radical (unpaired) electrons. The molecule has 1 saturated heterocycles. The zero-order chi connectivity index (χ0) is 23.9. The van der Waals surface area contributed by atoms with Gasteiger partial charge >= 0.3 is 5.97 Å². The van der Waals surface area contributed by atoms with Crippen LogP contribution in [0.15, 0.2) is 18.2 Å². The Hall–Kier alpha value is -2.14. The fourth-order valence-corrected chi connectivity index (χ4v) is 7.01. The molecule has 0 unspecified atom stereocenters. The SMILES string of the molecule is COc1ccc(NC(=O)COC(=O)CCN2C(=O)[C@@H]3[C@H]4C[C@@H]([C@H](Br)[C@H]4Br)[C@H]3C2=O)c(OC)c1. The van der Waals surface area contributed by atoms with Crippen LogP contribution in [0.3, 0.4) is 0 Å². The van der Waals surface area contributed by atoms with Gasteiger partial charge < -0.3 is 19.5 Å². The minimum absolute atomic E-state index is 0.0449. The number of rotatable bonds is 8. The Balaban J connectivity index is 1.26. The van der Waals surface area contributed by atoms with Crippen molar-refractivity contribution < 1.29 is 33.4 Å². The molecule has 2 saturated carbocycles. The van der Waals surface area contributed by atoms with Gasteiger partial charge in [0.15, 0.2) is 6.61 Å². The van der Waals surface area contributed by atoms with Crippen molar-refractivity contribution in [3.05, 3.63) is 18.2 Å². The number of alkyl halides is 2. The van der Waals surface area contributed by atoms with E-state index in [4.69, 9.17) is 14.2 Å². The van der Waals surface area contributed by atoms with Crippen molar-refractivity contribution in [1.29, 1.82) is 0 Å². The Bertz CT molecular complexity index is 955. The molecule has 178 valence electrons. The Morgan fingerprint density at radius 2 is 1.70 bits per heavy atom. The minimum atomic E-state index is -0.663. The van der Waals surface area contributed by atoms with Gasteiger partial charge in [0, 0.05) is 22.3 Å². The number of benzene rings is 1. The number of anilines is 1. The fourth-order valence-electron chi connectivity index (χ4n) is 5.14. The van der Waals surface area contributed by atoms with E-state index in [0.717, 1.165) is 6.42 Å². The van der Waals surface area contributed by atoms with Gasteiger partial charge in [0.25, 0.3) is 5.91 Å². The number of nitrogens with one attached hydrogen (secondary N) is 1. The van der Waals surface area contributed by atoms with Gasteiger partial charge in [-0.25, -0.2) is 0 Å². The van der Waals surface area contributed by atoms with Crippen molar-refractivity contribution in [2.75, 3.05) is 32.7 Å². The van der Waals surface area contributed by atoms with Gasteiger partial charge in [0.05, 0.1) is 38.2 Å². The van der Waals surface area contributed by atoms with Gasteiger partial charge in [-0.15, -0.1) is 0 Å². The molecule has 1 N–H and O–H groups in total. The Morgan fingerprint density at radius 1 is 1.06 bits per heavy atom. The number of esters is 1. The summed E-state index contributed by atoms with van der Waals surface area (Å²) in [5, 5.41) is 2.61. The molecule has 3 fully saturated rings. The highest BCUT2D eigenvalue weighted by molar-refractivity contribution is 9.12. The van der Waals surface area contributed by atoms with Crippen LogP contribution in [-0.2, 0) is 23.9 Å². The predicted octanol–water partition coefficient (Wildman–Crippen LogP) is 2.35. The third kappa shape index (κ3) is 4.37. The minimum Gasteiger partial charge on any atom is -0.497 e. The molecule has 3 aliphatic rings. The van der Waals surface area contributed by atoms with E-state index in [-0.39, 0.29) is 58.1 Å². The van der Waals surface area contributed by atoms with E-state index < -0.39 is 18.5 Å². The lowest BCUT2D eigenvalue weighted by Gasteiger charge is -2.28. The quantitative estimate of drug-likeness (QED) is 0.282. The molecule has 2 bridgehead atoms. The third-order valence-corrected chi connectivity index (χ3v) is 9.87. The number of halogens is 2. The van der Waals surface area contributed by atoms with Crippen LogP contribution in [0.5, 0.6) is 11.5 Å². The van der Waals surface area contributed by atoms with Gasteiger partial charge in [0.1, 0.15) is 11.5 Å². The summed E-state index contributed by atoms with van der Waals surface area (Å²) in [7, 11) is 2.98. The van der Waals surface area contributed by atoms with E-state index in [1.54, 1.807) is 18.2 Å². The predicted molar refractivity (Wildman–Crippen MR) is 124 cm³/mol. The lowest BCUT2D eigenvalue weighted by Crippen LogP contribution is -2.37. The number of imide groups is 1. The number of carbonyl (C=O) groups is 4. The molecule has 4 rings (SSSR count). The summed E-state index contributed by atoms with van der Waals surface area (Å²) in [5.74, 6) is -1.05. The van der Waals surface area contributed by atoms with E-state index in [1.165, 1.54) is 19.1 Å². The summed E-state index contributed by atoms with van der Waals surface area (Å²) < 4.78 is 15.4. The number of hydrogen-bond acceptors (Lipinski definition) is 7. The van der Waals surface area contributed by atoms with Gasteiger partial charge in [0.2, 0.25) is 11.8 Å². The van der Waals surface area contributed by atoms with Crippen LogP contribution >= 0.6 is 31.9 Å². The van der Waals surface area contributed by atoms with Crippen molar-refractivity contribution in [3.63, 3.8) is 0 Å². The van der Waals surface area contributed by atoms with Gasteiger partial charge in [-0.3, -0.25) is 24.1 Å². The summed E-state index contributed by atoms with van der Waals surface area (Å²) in [4.78, 5) is 51.6. The average molecular weight is 588 g/mol. The number of likely N-dealkylation sites (tertiary alicyclic amines) is 1. The number of nitrogens with zero attached hydrogens (tertiary/aromatic N) is 1. The monoisotopic (exact) mass is 586 g/mol. The van der Waals surface area contributed by atoms with E-state index in [2.05, 4.69) is 37.2 Å². The van der Waals surface area contributed by atoms with E-state index in [0.29, 0.717) is 17.2 Å². The maximum Gasteiger partial charge on any atom is 0.308 e. The van der Waals surface area contributed by atoms with E-state index in [1.807, 2.05) is 0 Å². The zero-order valence-corrected chi connectivity index (χ0v) is 21.3. The van der Waals surface area contributed by atoms with Crippen LogP contribution in [0.2, 0.25) is 0 Å². The summed E-state index contributed by atoms with van der Waals surface area (Å²) in [6.45, 7) is -0.543. The summed E-state index contributed by atoms with van der Waals surface area (Å²) in [6, 6.07) is 4.88. The molecule has 6 atom stereocenters. The first kappa shape index (κ1) is 24.0. The van der Waals surface area contributed by atoms with Gasteiger partial charge in [-0.1, -0.05) is 31.9 Å². The topological polar surface area (TPSA) is 111 Å². The molecule has 2 aliphatic carbocycles. The van der Waals surface area contributed by atoms with Crippen LogP contribution in [0.4, 0.5) is 5.69 Å². The first-order valence-electron chi connectivity index (χ1n) is 10.6. The Morgan fingerprint density at radius 3 is 2.27 bits per heavy atom. The maximum absolute atomic E-state index is 12.9. The lowest BCUT2D eigenvalue weighted by atomic mass is 9.81. The number of fused-ring (bicyclic) bond motifs is 5. The van der Waals surface area contributed by atoms with E-state index in [9.17, 15) is 19.2 Å². The Kier molecular flexibility index (Phi) is 6.99. The second-order valence-corrected chi connectivity index (χ2v) is 10.5. The molecule has 0 spiro atoms.